The molecule has 1 unspecified atom stereocenters. The van der Waals surface area contributed by atoms with Crippen LogP contribution in [0.1, 0.15) is 44.6 Å². The van der Waals surface area contributed by atoms with Gasteiger partial charge in [0.25, 0.3) is 0 Å². The Kier molecular flexibility index (Phi) is 3.53. The molecule has 7 heteroatoms. The lowest BCUT2D eigenvalue weighted by Crippen LogP contribution is -2.20. The Morgan fingerprint density at radius 3 is 2.53 bits per heavy atom. The van der Waals surface area contributed by atoms with Crippen LogP contribution in [0.2, 0.25) is 0 Å². The van der Waals surface area contributed by atoms with Gasteiger partial charge in [-0.05, 0) is 6.42 Å². The summed E-state index contributed by atoms with van der Waals surface area (Å²) >= 11 is 0. The molecule has 0 bridgehead atoms. The molecule has 1 aromatic rings. The third kappa shape index (κ3) is 3.22. The number of nitrogen functional groups attached to an aromatic ring is 1. The highest BCUT2D eigenvalue weighted by atomic mass is 32.2. The van der Waals surface area contributed by atoms with Gasteiger partial charge < -0.3 is 5.43 Å². The molecule has 1 atom stereocenters. The van der Waals surface area contributed by atoms with Crippen LogP contribution in [0.3, 0.4) is 0 Å². The third-order valence-electron chi connectivity index (χ3n) is 3.26. The summed E-state index contributed by atoms with van der Waals surface area (Å²) in [5.74, 6) is 6.74. The van der Waals surface area contributed by atoms with E-state index >= 15 is 0 Å². The summed E-state index contributed by atoms with van der Waals surface area (Å²) in [6.45, 7) is 6.14. The number of nitrogens with one attached hydrogen (secondary N) is 1. The van der Waals surface area contributed by atoms with Crippen molar-refractivity contribution in [2.24, 2.45) is 5.84 Å². The standard InChI is InChI=1S/C12H20N4O2S/c1-12(2,3)9-6-10(16-13)15-11(14-9)8-4-5-19(17,18)7-8/h6,8H,4-5,7,13H2,1-3H3,(H,14,15,16). The van der Waals surface area contributed by atoms with Gasteiger partial charge in [-0.25, -0.2) is 24.2 Å². The predicted octanol–water partition coefficient (Wildman–Crippen LogP) is 0.962. The van der Waals surface area contributed by atoms with Crippen molar-refractivity contribution in [2.75, 3.05) is 16.9 Å². The van der Waals surface area contributed by atoms with E-state index in [1.165, 1.54) is 0 Å². The number of nitrogens with zero attached hydrogens (tertiary/aromatic N) is 2. The summed E-state index contributed by atoms with van der Waals surface area (Å²) in [5.41, 5.74) is 3.24. The molecule has 1 aliphatic heterocycles. The fourth-order valence-corrected chi connectivity index (χ4v) is 3.84. The van der Waals surface area contributed by atoms with Crippen molar-refractivity contribution < 1.29 is 8.42 Å². The lowest BCUT2D eigenvalue weighted by atomic mass is 9.91. The molecule has 2 rings (SSSR count). The SMILES string of the molecule is CC(C)(C)c1cc(NN)nc(C2CCS(=O)(=O)C2)n1. The topological polar surface area (TPSA) is 98.0 Å². The summed E-state index contributed by atoms with van der Waals surface area (Å²) in [4.78, 5) is 8.83. The Bertz CT molecular complexity index is 578. The van der Waals surface area contributed by atoms with Crippen LogP contribution < -0.4 is 11.3 Å². The Balaban J connectivity index is 2.41. The Morgan fingerprint density at radius 2 is 2.05 bits per heavy atom. The number of hydrazine groups is 1. The summed E-state index contributed by atoms with van der Waals surface area (Å²) in [7, 11) is -2.94. The van der Waals surface area contributed by atoms with Crippen LogP contribution in [0.15, 0.2) is 6.07 Å². The first kappa shape index (κ1) is 14.2. The lowest BCUT2D eigenvalue weighted by molar-refractivity contribution is 0.556. The van der Waals surface area contributed by atoms with E-state index in [0.717, 1.165) is 5.69 Å². The van der Waals surface area contributed by atoms with E-state index in [1.54, 1.807) is 6.07 Å². The molecule has 1 saturated heterocycles. The average molecular weight is 284 g/mol. The second-order valence-electron chi connectivity index (χ2n) is 5.99. The summed E-state index contributed by atoms with van der Waals surface area (Å²) in [6, 6.07) is 1.80. The molecule has 0 amide bonds. The zero-order valence-electron chi connectivity index (χ0n) is 11.5. The average Bonchev–Trinajstić information content (AvgIpc) is 2.68. The lowest BCUT2D eigenvalue weighted by Gasteiger charge is -2.20. The second kappa shape index (κ2) is 4.72. The van der Waals surface area contributed by atoms with Gasteiger partial charge in [0.15, 0.2) is 9.84 Å². The molecule has 106 valence electrons. The van der Waals surface area contributed by atoms with Crippen molar-refractivity contribution >= 4 is 15.7 Å². The maximum Gasteiger partial charge on any atom is 0.151 e. The number of hydrogen-bond donors (Lipinski definition) is 2. The van der Waals surface area contributed by atoms with Crippen LogP contribution in [0.25, 0.3) is 0 Å². The maximum absolute atomic E-state index is 11.6. The minimum absolute atomic E-state index is 0.126. The minimum atomic E-state index is -2.94. The fraction of sp³-hybridized carbons (Fsp3) is 0.667. The van der Waals surface area contributed by atoms with E-state index in [2.05, 4.69) is 15.4 Å². The van der Waals surface area contributed by atoms with Crippen molar-refractivity contribution in [2.45, 2.75) is 38.5 Å². The van der Waals surface area contributed by atoms with Gasteiger partial charge in [0, 0.05) is 17.4 Å². The van der Waals surface area contributed by atoms with Crippen molar-refractivity contribution in [3.05, 3.63) is 17.6 Å². The molecule has 3 N–H and O–H groups in total. The number of sulfone groups is 1. The van der Waals surface area contributed by atoms with Gasteiger partial charge in [-0.1, -0.05) is 20.8 Å². The number of nitrogens with two attached hydrogens (primary N) is 1. The summed E-state index contributed by atoms with van der Waals surface area (Å²) in [5, 5.41) is 0. The highest BCUT2D eigenvalue weighted by Gasteiger charge is 2.32. The van der Waals surface area contributed by atoms with Crippen LogP contribution >= 0.6 is 0 Å². The fourth-order valence-electron chi connectivity index (χ4n) is 2.11. The molecule has 19 heavy (non-hydrogen) atoms. The highest BCUT2D eigenvalue weighted by Crippen LogP contribution is 2.29. The first-order chi connectivity index (χ1) is 8.71. The van der Waals surface area contributed by atoms with Crippen molar-refractivity contribution in [3.8, 4) is 0 Å². The second-order valence-corrected chi connectivity index (χ2v) is 8.22. The smallest absolute Gasteiger partial charge is 0.151 e. The first-order valence-corrected chi connectivity index (χ1v) is 8.10. The van der Waals surface area contributed by atoms with E-state index in [4.69, 9.17) is 5.84 Å². The number of rotatable bonds is 2. The van der Waals surface area contributed by atoms with Gasteiger partial charge in [0.05, 0.1) is 17.2 Å². The van der Waals surface area contributed by atoms with Gasteiger partial charge in [0.2, 0.25) is 0 Å². The predicted molar refractivity (Wildman–Crippen MR) is 74.6 cm³/mol. The normalized spacial score (nSPS) is 22.4. The Hall–Kier alpha value is -1.21. The number of aromatic nitrogens is 2. The summed E-state index contributed by atoms with van der Waals surface area (Å²) in [6.07, 6.45) is 0.583. The first-order valence-electron chi connectivity index (χ1n) is 6.28. The van der Waals surface area contributed by atoms with E-state index in [9.17, 15) is 8.42 Å². The Morgan fingerprint density at radius 1 is 1.37 bits per heavy atom. The molecule has 0 spiro atoms. The molecule has 0 aliphatic carbocycles. The summed E-state index contributed by atoms with van der Waals surface area (Å²) < 4.78 is 23.1. The van der Waals surface area contributed by atoms with E-state index in [1.807, 2.05) is 20.8 Å². The molecule has 2 heterocycles. The van der Waals surface area contributed by atoms with E-state index < -0.39 is 9.84 Å². The number of anilines is 1. The molecule has 0 aromatic carbocycles. The molecule has 6 nitrogen and oxygen atoms in total. The van der Waals surface area contributed by atoms with Crippen LogP contribution in [0, 0.1) is 0 Å². The minimum Gasteiger partial charge on any atom is -0.308 e. The van der Waals surface area contributed by atoms with Crippen LogP contribution in [0.5, 0.6) is 0 Å². The van der Waals surface area contributed by atoms with Crippen LogP contribution in [-0.2, 0) is 15.3 Å². The van der Waals surface area contributed by atoms with Gasteiger partial charge in [-0.2, -0.15) is 0 Å². The number of hydrogen-bond acceptors (Lipinski definition) is 6. The van der Waals surface area contributed by atoms with Gasteiger partial charge in [-0.15, -0.1) is 0 Å². The van der Waals surface area contributed by atoms with Crippen molar-refractivity contribution in [1.29, 1.82) is 0 Å². The van der Waals surface area contributed by atoms with Gasteiger partial charge in [-0.3, -0.25) is 0 Å². The maximum atomic E-state index is 11.6. The largest absolute Gasteiger partial charge is 0.308 e. The molecule has 0 radical (unpaired) electrons. The molecule has 1 aliphatic rings. The van der Waals surface area contributed by atoms with Gasteiger partial charge >= 0.3 is 0 Å². The Labute approximate surface area is 113 Å². The zero-order chi connectivity index (χ0) is 14.3. The van der Waals surface area contributed by atoms with Crippen molar-refractivity contribution in [3.63, 3.8) is 0 Å². The van der Waals surface area contributed by atoms with Gasteiger partial charge in [0.1, 0.15) is 11.6 Å². The third-order valence-corrected chi connectivity index (χ3v) is 5.03. The van der Waals surface area contributed by atoms with Crippen LogP contribution in [-0.4, -0.2) is 29.9 Å². The monoisotopic (exact) mass is 284 g/mol. The van der Waals surface area contributed by atoms with Crippen LogP contribution in [0.4, 0.5) is 5.82 Å². The quantitative estimate of drug-likeness (QED) is 0.620. The molecular formula is C12H20N4O2S. The molecular weight excluding hydrogens is 264 g/mol. The highest BCUT2D eigenvalue weighted by molar-refractivity contribution is 7.91. The molecule has 1 fully saturated rings. The van der Waals surface area contributed by atoms with E-state index in [-0.39, 0.29) is 22.8 Å². The van der Waals surface area contributed by atoms with E-state index in [0.29, 0.717) is 18.1 Å². The van der Waals surface area contributed by atoms with Crippen molar-refractivity contribution in [1.82, 2.24) is 9.97 Å². The zero-order valence-corrected chi connectivity index (χ0v) is 12.3. The molecule has 0 saturated carbocycles. The molecule has 1 aromatic heterocycles.